The van der Waals surface area contributed by atoms with Gasteiger partial charge in [-0.1, -0.05) is 77.4 Å². The van der Waals surface area contributed by atoms with Gasteiger partial charge < -0.3 is 10.3 Å². The molecule has 0 aliphatic rings. The van der Waals surface area contributed by atoms with Gasteiger partial charge in [0.05, 0.1) is 17.5 Å². The molecule has 176 valence electrons. The minimum atomic E-state index is -0.971. The number of hydrogen-bond acceptors (Lipinski definition) is 4. The van der Waals surface area contributed by atoms with Crippen LogP contribution in [0.15, 0.2) is 90.2 Å². The summed E-state index contributed by atoms with van der Waals surface area (Å²) in [6, 6.07) is 23.8. The molecule has 1 heterocycles. The quantitative estimate of drug-likeness (QED) is 0.128. The van der Waals surface area contributed by atoms with E-state index in [-0.39, 0.29) is 34.3 Å². The lowest BCUT2D eigenvalue weighted by Crippen LogP contribution is -2.13. The number of aromatic nitrogens is 1. The van der Waals surface area contributed by atoms with Crippen molar-refractivity contribution in [3.05, 3.63) is 124 Å². The molecule has 4 rings (SSSR count). The lowest BCUT2D eigenvalue weighted by molar-refractivity contribution is 0.0697. The summed E-state index contributed by atoms with van der Waals surface area (Å²) in [4.78, 5) is 14.9. The minimum absolute atomic E-state index is 0.0984. The summed E-state index contributed by atoms with van der Waals surface area (Å²) in [6.07, 6.45) is 1.24. The Morgan fingerprint density at radius 3 is 2.26 bits per heavy atom. The van der Waals surface area contributed by atoms with Crippen LogP contribution in [0.25, 0.3) is 11.1 Å². The van der Waals surface area contributed by atoms with Crippen LogP contribution in [0, 0.1) is 12.7 Å². The molecular formula is C28H22ClFN2O3. The zero-order chi connectivity index (χ0) is 24.9. The molecule has 0 spiro atoms. The van der Waals surface area contributed by atoms with E-state index in [9.17, 15) is 14.4 Å². The molecule has 0 saturated carbocycles. The van der Waals surface area contributed by atoms with Gasteiger partial charge in [0.25, 0.3) is 0 Å². The van der Waals surface area contributed by atoms with Crippen molar-refractivity contribution in [2.75, 3.05) is 0 Å². The highest BCUT2D eigenvalue weighted by molar-refractivity contribution is 6.29. The van der Waals surface area contributed by atoms with Gasteiger partial charge >= 0.3 is 5.97 Å². The molecule has 2 N–H and O–H groups in total. The predicted molar refractivity (Wildman–Crippen MR) is 134 cm³/mol. The number of pyridine rings is 1. The number of benzene rings is 3. The number of hydrogen-bond donors (Lipinski definition) is 2. The summed E-state index contributed by atoms with van der Waals surface area (Å²) in [6.45, 7) is 2.00. The highest BCUT2D eigenvalue weighted by atomic mass is 35.5. The Bertz CT molecular complexity index is 1390. The van der Waals surface area contributed by atoms with Crippen LogP contribution < -0.4 is 0 Å². The van der Waals surface area contributed by atoms with Crippen molar-refractivity contribution in [3.63, 3.8) is 0 Å². The van der Waals surface area contributed by atoms with Crippen molar-refractivity contribution in [1.29, 1.82) is 0 Å². The molecular weight excluding hydrogens is 467 g/mol. The second-order valence-electron chi connectivity index (χ2n) is 8.15. The molecule has 0 saturated heterocycles. The summed E-state index contributed by atoms with van der Waals surface area (Å²) < 4.78 is 14.5. The third-order valence-electron chi connectivity index (χ3n) is 5.99. The Morgan fingerprint density at radius 2 is 1.66 bits per heavy atom. The number of nitrogens with zero attached hydrogens (tertiary/aromatic N) is 2. The van der Waals surface area contributed by atoms with E-state index in [4.69, 9.17) is 16.7 Å². The summed E-state index contributed by atoms with van der Waals surface area (Å²) >= 11 is 5.97. The molecule has 35 heavy (non-hydrogen) atoms. The van der Waals surface area contributed by atoms with E-state index in [1.807, 2.05) is 55.5 Å². The first-order valence-corrected chi connectivity index (χ1v) is 11.3. The summed E-state index contributed by atoms with van der Waals surface area (Å²) in [5.41, 5.74) is 5.33. The van der Waals surface area contributed by atoms with Gasteiger partial charge in [-0.2, -0.15) is 0 Å². The van der Waals surface area contributed by atoms with Crippen LogP contribution in [0.4, 0.5) is 4.39 Å². The Morgan fingerprint density at radius 1 is 1.03 bits per heavy atom. The fourth-order valence-electron chi connectivity index (χ4n) is 4.13. The predicted octanol–water partition coefficient (Wildman–Crippen LogP) is 6.95. The third-order valence-corrected chi connectivity index (χ3v) is 6.20. The van der Waals surface area contributed by atoms with Gasteiger partial charge in [0.2, 0.25) is 0 Å². The summed E-state index contributed by atoms with van der Waals surface area (Å²) in [7, 11) is 0. The molecule has 0 aliphatic carbocycles. The molecule has 0 radical (unpaired) electrons. The SMILES string of the molecule is Cc1ccccc1[C@H](C/C(=N\O)c1cc(Cl)ncc1F)c1ccc(-c2ccc(C(=O)O)cc2)cc1. The first kappa shape index (κ1) is 24.1. The first-order chi connectivity index (χ1) is 16.9. The highest BCUT2D eigenvalue weighted by Gasteiger charge is 2.22. The largest absolute Gasteiger partial charge is 0.478 e. The van der Waals surface area contributed by atoms with Gasteiger partial charge in [-0.15, -0.1) is 0 Å². The van der Waals surface area contributed by atoms with Crippen molar-refractivity contribution in [2.24, 2.45) is 5.16 Å². The average molecular weight is 489 g/mol. The van der Waals surface area contributed by atoms with Gasteiger partial charge in [-0.25, -0.2) is 14.2 Å². The Hall–Kier alpha value is -4.03. The zero-order valence-corrected chi connectivity index (χ0v) is 19.6. The molecule has 0 aliphatic heterocycles. The first-order valence-electron chi connectivity index (χ1n) is 10.9. The number of rotatable bonds is 7. The van der Waals surface area contributed by atoms with Gasteiger partial charge in [-0.3, -0.25) is 0 Å². The van der Waals surface area contributed by atoms with E-state index in [0.717, 1.165) is 34.0 Å². The van der Waals surface area contributed by atoms with E-state index in [0.29, 0.717) is 0 Å². The summed E-state index contributed by atoms with van der Waals surface area (Å²) in [5, 5.41) is 22.4. The third kappa shape index (κ3) is 5.39. The van der Waals surface area contributed by atoms with Crippen molar-refractivity contribution in [1.82, 2.24) is 4.98 Å². The number of carboxylic acid groups (broad SMARTS) is 1. The second kappa shape index (κ2) is 10.5. The van der Waals surface area contributed by atoms with Gasteiger partial charge in [0, 0.05) is 17.9 Å². The van der Waals surface area contributed by atoms with Crippen molar-refractivity contribution >= 4 is 23.3 Å². The van der Waals surface area contributed by atoms with E-state index < -0.39 is 11.8 Å². The summed E-state index contributed by atoms with van der Waals surface area (Å²) in [5.74, 6) is -1.82. The maximum absolute atomic E-state index is 14.5. The smallest absolute Gasteiger partial charge is 0.335 e. The molecule has 0 unspecified atom stereocenters. The Balaban J connectivity index is 1.71. The molecule has 1 aromatic heterocycles. The topological polar surface area (TPSA) is 82.8 Å². The molecule has 1 atom stereocenters. The van der Waals surface area contributed by atoms with Crippen LogP contribution in [0.1, 0.15) is 45.0 Å². The van der Waals surface area contributed by atoms with E-state index in [2.05, 4.69) is 10.1 Å². The number of aromatic carboxylic acids is 1. The Labute approximate surface area is 207 Å². The molecule has 3 aromatic carbocycles. The molecule has 0 amide bonds. The van der Waals surface area contributed by atoms with Crippen LogP contribution in [0.2, 0.25) is 5.15 Å². The molecule has 4 aromatic rings. The molecule has 7 heteroatoms. The van der Waals surface area contributed by atoms with Crippen molar-refractivity contribution in [2.45, 2.75) is 19.3 Å². The van der Waals surface area contributed by atoms with Gasteiger partial charge in [-0.05, 0) is 52.9 Å². The normalized spacial score (nSPS) is 12.4. The lowest BCUT2D eigenvalue weighted by Gasteiger charge is -2.21. The minimum Gasteiger partial charge on any atom is -0.478 e. The van der Waals surface area contributed by atoms with Crippen LogP contribution in [0.3, 0.4) is 0 Å². The van der Waals surface area contributed by atoms with Gasteiger partial charge in [0.15, 0.2) is 5.82 Å². The number of carboxylic acids is 1. The zero-order valence-electron chi connectivity index (χ0n) is 18.8. The second-order valence-corrected chi connectivity index (χ2v) is 8.54. The van der Waals surface area contributed by atoms with Crippen molar-refractivity contribution < 1.29 is 19.5 Å². The van der Waals surface area contributed by atoms with Crippen LogP contribution in [-0.4, -0.2) is 27.0 Å². The van der Waals surface area contributed by atoms with E-state index in [1.54, 1.807) is 24.3 Å². The average Bonchev–Trinajstić information content (AvgIpc) is 2.87. The molecule has 0 bridgehead atoms. The van der Waals surface area contributed by atoms with E-state index >= 15 is 0 Å². The van der Waals surface area contributed by atoms with Crippen molar-refractivity contribution in [3.8, 4) is 11.1 Å². The van der Waals surface area contributed by atoms with E-state index in [1.165, 1.54) is 6.07 Å². The fourth-order valence-corrected chi connectivity index (χ4v) is 4.29. The molecule has 5 nitrogen and oxygen atoms in total. The number of carbonyl (C=O) groups is 1. The lowest BCUT2D eigenvalue weighted by atomic mass is 9.83. The molecule has 0 fully saturated rings. The number of halogens is 2. The standard InChI is InChI=1S/C28H22ClFN2O3/c1-17-4-2-3-5-22(17)23(14-26(32-35)24-15-27(29)31-16-25(24)30)20-10-6-18(7-11-20)19-8-12-21(13-9-19)28(33)34/h2-13,15-16,23,35H,14H2,1H3,(H,33,34)/b32-26+/t23-/m1/s1. The maximum atomic E-state index is 14.5. The van der Waals surface area contributed by atoms with Crippen LogP contribution in [0.5, 0.6) is 0 Å². The fraction of sp³-hybridized carbons (Fsp3) is 0.107. The van der Waals surface area contributed by atoms with Crippen LogP contribution in [-0.2, 0) is 0 Å². The maximum Gasteiger partial charge on any atom is 0.335 e. The number of aryl methyl sites for hydroxylation is 1. The monoisotopic (exact) mass is 488 g/mol. The van der Waals surface area contributed by atoms with Gasteiger partial charge in [0.1, 0.15) is 5.15 Å². The number of oxime groups is 1. The Kier molecular flexibility index (Phi) is 7.22. The highest BCUT2D eigenvalue weighted by Crippen LogP contribution is 2.34. The van der Waals surface area contributed by atoms with Crippen LogP contribution >= 0.6 is 11.6 Å².